The molecule has 2 aliphatic rings. The molecule has 0 saturated carbocycles. The zero-order valence-electron chi connectivity index (χ0n) is 15.6. The van der Waals surface area contributed by atoms with Crippen LogP contribution in [0, 0.1) is 0 Å². The summed E-state index contributed by atoms with van der Waals surface area (Å²) in [4.78, 5) is 26.3. The Morgan fingerprint density at radius 2 is 1.54 bits per heavy atom. The van der Waals surface area contributed by atoms with Gasteiger partial charge in [-0.05, 0) is 18.2 Å². The number of amides is 1. The van der Waals surface area contributed by atoms with Crippen molar-refractivity contribution in [2.75, 3.05) is 68.9 Å². The largest absolute Gasteiger partial charge is 0.453 e. The fourth-order valence-corrected chi connectivity index (χ4v) is 3.21. The van der Waals surface area contributed by atoms with Gasteiger partial charge in [0.25, 0.3) is 5.91 Å². The van der Waals surface area contributed by atoms with Gasteiger partial charge in [-0.15, -0.1) is 10.2 Å². The number of morpholine rings is 1. The molecule has 2 aliphatic heterocycles. The average molecular weight is 385 g/mol. The van der Waals surface area contributed by atoms with E-state index in [2.05, 4.69) is 30.0 Å². The Morgan fingerprint density at radius 3 is 2.14 bits per heavy atom. The molecule has 2 saturated heterocycles. The summed E-state index contributed by atoms with van der Waals surface area (Å²) in [6.45, 7) is 5.71. The van der Waals surface area contributed by atoms with E-state index < -0.39 is 0 Å². The minimum atomic E-state index is -0.0687. The number of aromatic nitrogens is 4. The summed E-state index contributed by atoms with van der Waals surface area (Å²) in [6.07, 6.45) is 3.16. The molecule has 0 radical (unpaired) electrons. The maximum Gasteiger partial charge on any atom is 0.316 e. The molecule has 0 unspecified atom stereocenters. The molecule has 2 fully saturated rings. The number of nitrogens with zero attached hydrogens (tertiary/aromatic N) is 7. The maximum absolute atomic E-state index is 12.3. The average Bonchev–Trinajstić information content (AvgIpc) is 2.79. The summed E-state index contributed by atoms with van der Waals surface area (Å²) in [5.41, 5.74) is 0. The van der Waals surface area contributed by atoms with Crippen LogP contribution >= 0.6 is 0 Å². The second-order valence-electron chi connectivity index (χ2n) is 6.54. The smallest absolute Gasteiger partial charge is 0.316 e. The van der Waals surface area contributed by atoms with Crippen molar-refractivity contribution < 1.29 is 14.3 Å². The molecule has 0 bridgehead atoms. The molecule has 1 amide bonds. The van der Waals surface area contributed by atoms with E-state index in [1.807, 2.05) is 12.1 Å². The van der Waals surface area contributed by atoms with Crippen LogP contribution in [0.1, 0.15) is 0 Å². The van der Waals surface area contributed by atoms with E-state index in [0.717, 1.165) is 37.9 Å². The van der Waals surface area contributed by atoms with Crippen molar-refractivity contribution in [3.05, 3.63) is 30.6 Å². The highest BCUT2D eigenvalue weighted by molar-refractivity contribution is 5.78. The van der Waals surface area contributed by atoms with Gasteiger partial charge >= 0.3 is 6.01 Å². The van der Waals surface area contributed by atoms with Crippen LogP contribution in [0.4, 0.5) is 11.6 Å². The van der Waals surface area contributed by atoms with Crippen molar-refractivity contribution in [3.8, 4) is 6.01 Å². The molecular weight excluding hydrogens is 362 g/mol. The molecular formula is C18H23N7O3. The summed E-state index contributed by atoms with van der Waals surface area (Å²) in [7, 11) is 0. The van der Waals surface area contributed by atoms with E-state index in [4.69, 9.17) is 9.47 Å². The normalized spacial score (nSPS) is 17.5. The van der Waals surface area contributed by atoms with Crippen molar-refractivity contribution in [1.29, 1.82) is 0 Å². The Kier molecular flexibility index (Phi) is 5.76. The minimum absolute atomic E-state index is 0.0575. The van der Waals surface area contributed by atoms with Crippen LogP contribution in [0.25, 0.3) is 0 Å². The van der Waals surface area contributed by atoms with Gasteiger partial charge in [0, 0.05) is 51.7 Å². The third-order valence-corrected chi connectivity index (χ3v) is 4.79. The number of anilines is 2. The number of piperazine rings is 1. The lowest BCUT2D eigenvalue weighted by Crippen LogP contribution is -2.50. The highest BCUT2D eigenvalue weighted by Gasteiger charge is 2.23. The summed E-state index contributed by atoms with van der Waals surface area (Å²) < 4.78 is 10.7. The lowest BCUT2D eigenvalue weighted by molar-refractivity contribution is -0.133. The molecule has 2 aromatic heterocycles. The zero-order valence-corrected chi connectivity index (χ0v) is 15.6. The third-order valence-electron chi connectivity index (χ3n) is 4.79. The second-order valence-corrected chi connectivity index (χ2v) is 6.54. The Labute approximate surface area is 163 Å². The van der Waals surface area contributed by atoms with E-state index >= 15 is 0 Å². The summed E-state index contributed by atoms with van der Waals surface area (Å²) in [6, 6.07) is 5.90. The van der Waals surface area contributed by atoms with Crippen LogP contribution in [-0.4, -0.2) is 90.1 Å². The van der Waals surface area contributed by atoms with Gasteiger partial charge in [0.2, 0.25) is 0 Å². The Morgan fingerprint density at radius 1 is 0.929 bits per heavy atom. The van der Waals surface area contributed by atoms with Crippen molar-refractivity contribution in [3.63, 3.8) is 0 Å². The van der Waals surface area contributed by atoms with Gasteiger partial charge in [-0.25, -0.2) is 9.97 Å². The molecule has 4 heterocycles. The molecule has 2 aromatic rings. The van der Waals surface area contributed by atoms with Crippen molar-refractivity contribution >= 4 is 17.5 Å². The van der Waals surface area contributed by atoms with Gasteiger partial charge in [-0.2, -0.15) is 0 Å². The summed E-state index contributed by atoms with van der Waals surface area (Å²) in [5.74, 6) is 1.64. The molecule has 10 heteroatoms. The van der Waals surface area contributed by atoms with Crippen LogP contribution in [0.2, 0.25) is 0 Å². The fraction of sp³-hybridized carbons (Fsp3) is 0.500. The molecule has 0 spiro atoms. The standard InChI is InChI=1S/C18H23N7O3/c26-17(14-28-18-19-4-1-5-20-18)25-8-6-23(7-9-25)15-2-3-16(22-21-15)24-10-12-27-13-11-24/h1-5H,6-14H2. The van der Waals surface area contributed by atoms with Crippen LogP contribution in [0.3, 0.4) is 0 Å². The number of hydrogen-bond acceptors (Lipinski definition) is 9. The third kappa shape index (κ3) is 4.45. The fourth-order valence-electron chi connectivity index (χ4n) is 3.21. The van der Waals surface area contributed by atoms with Crippen molar-refractivity contribution in [2.45, 2.75) is 0 Å². The van der Waals surface area contributed by atoms with Gasteiger partial charge in [0.05, 0.1) is 13.2 Å². The quantitative estimate of drug-likeness (QED) is 0.695. The monoisotopic (exact) mass is 385 g/mol. The van der Waals surface area contributed by atoms with Gasteiger partial charge in [0.1, 0.15) is 0 Å². The van der Waals surface area contributed by atoms with Gasteiger partial charge in [-0.1, -0.05) is 0 Å². The van der Waals surface area contributed by atoms with E-state index in [0.29, 0.717) is 26.2 Å². The molecule has 28 heavy (non-hydrogen) atoms. The summed E-state index contributed by atoms with van der Waals surface area (Å²) in [5, 5.41) is 8.73. The van der Waals surface area contributed by atoms with E-state index in [-0.39, 0.29) is 18.5 Å². The van der Waals surface area contributed by atoms with E-state index in [1.54, 1.807) is 23.4 Å². The number of ether oxygens (including phenoxy) is 2. The topological polar surface area (TPSA) is 96.8 Å². The number of hydrogen-bond donors (Lipinski definition) is 0. The van der Waals surface area contributed by atoms with Crippen molar-refractivity contribution in [1.82, 2.24) is 25.1 Å². The number of rotatable bonds is 5. The van der Waals surface area contributed by atoms with E-state index in [1.165, 1.54) is 0 Å². The van der Waals surface area contributed by atoms with Crippen molar-refractivity contribution in [2.24, 2.45) is 0 Å². The Balaban J connectivity index is 1.26. The minimum Gasteiger partial charge on any atom is -0.453 e. The van der Waals surface area contributed by atoms with Gasteiger partial charge in [-0.3, -0.25) is 4.79 Å². The lowest BCUT2D eigenvalue weighted by Gasteiger charge is -2.35. The molecule has 0 atom stereocenters. The first kappa shape index (κ1) is 18.4. The zero-order chi connectivity index (χ0) is 19.2. The van der Waals surface area contributed by atoms with Crippen LogP contribution < -0.4 is 14.5 Å². The lowest BCUT2D eigenvalue weighted by atomic mass is 10.3. The highest BCUT2D eigenvalue weighted by Crippen LogP contribution is 2.17. The predicted octanol–water partition coefficient (Wildman–Crippen LogP) is -0.169. The first-order valence-electron chi connectivity index (χ1n) is 9.38. The Hall–Kier alpha value is -3.01. The van der Waals surface area contributed by atoms with Crippen LogP contribution in [0.5, 0.6) is 6.01 Å². The molecule has 148 valence electrons. The van der Waals surface area contributed by atoms with Gasteiger partial charge in [0.15, 0.2) is 18.2 Å². The first-order valence-corrected chi connectivity index (χ1v) is 9.38. The molecule has 0 aromatic carbocycles. The highest BCUT2D eigenvalue weighted by atomic mass is 16.5. The van der Waals surface area contributed by atoms with Gasteiger partial charge < -0.3 is 24.2 Å². The number of carbonyl (C=O) groups is 1. The van der Waals surface area contributed by atoms with E-state index in [9.17, 15) is 4.79 Å². The second kappa shape index (κ2) is 8.79. The van der Waals surface area contributed by atoms with Crippen LogP contribution in [-0.2, 0) is 9.53 Å². The molecule has 4 rings (SSSR count). The maximum atomic E-state index is 12.3. The molecule has 0 N–H and O–H groups in total. The Bertz CT molecular complexity index is 761. The molecule has 0 aliphatic carbocycles. The van der Waals surface area contributed by atoms with Crippen LogP contribution in [0.15, 0.2) is 30.6 Å². The predicted molar refractivity (Wildman–Crippen MR) is 101 cm³/mol. The number of carbonyl (C=O) groups excluding carboxylic acids is 1. The SMILES string of the molecule is O=C(COc1ncccn1)N1CCN(c2ccc(N3CCOCC3)nn2)CC1. The first-order chi connectivity index (χ1) is 13.8. The molecule has 10 nitrogen and oxygen atoms in total. The summed E-state index contributed by atoms with van der Waals surface area (Å²) >= 11 is 0.